The zero-order valence-corrected chi connectivity index (χ0v) is 32.2. The molecule has 0 saturated heterocycles. The topological polar surface area (TPSA) is 119 Å². The fourth-order valence-corrected chi connectivity index (χ4v) is 10.7. The van der Waals surface area contributed by atoms with Crippen LogP contribution in [0.2, 0.25) is 23.2 Å². The zero-order chi connectivity index (χ0) is 35.4. The van der Waals surface area contributed by atoms with Crippen molar-refractivity contribution in [3.05, 3.63) is 70.3 Å². The van der Waals surface area contributed by atoms with Crippen LogP contribution < -0.4 is 14.8 Å². The van der Waals surface area contributed by atoms with Crippen LogP contribution >= 0.6 is 11.6 Å². The molecule has 2 fully saturated rings. The van der Waals surface area contributed by atoms with Gasteiger partial charge in [0.05, 0.1) is 29.7 Å². The molecule has 3 aliphatic carbocycles. The number of carboxylic acids is 1. The Morgan fingerprint density at radius 1 is 1.16 bits per heavy atom. The highest BCUT2D eigenvalue weighted by Gasteiger charge is 2.47. The molecule has 3 N–H and O–H groups in total. The molecule has 6 atom stereocenters. The van der Waals surface area contributed by atoms with Crippen LogP contribution in [0.5, 0.6) is 5.75 Å². The predicted molar refractivity (Wildman–Crippen MR) is 199 cm³/mol. The van der Waals surface area contributed by atoms with Gasteiger partial charge < -0.3 is 19.2 Å². The number of rotatable bonds is 10. The number of halogens is 1. The molecule has 2 aromatic rings. The number of anilines is 1. The minimum absolute atomic E-state index is 0.0215. The Bertz CT molecular complexity index is 1710. The van der Waals surface area contributed by atoms with E-state index in [1.165, 1.54) is 11.1 Å². The second-order valence-electron chi connectivity index (χ2n) is 16.7. The summed E-state index contributed by atoms with van der Waals surface area (Å²) in [5.41, 5.74) is 3.38. The summed E-state index contributed by atoms with van der Waals surface area (Å²) in [7, 11) is -5.68. The summed E-state index contributed by atoms with van der Waals surface area (Å²) >= 11 is 6.45. The lowest BCUT2D eigenvalue weighted by Gasteiger charge is -2.48. The number of carbonyl (C=O) groups is 1. The van der Waals surface area contributed by atoms with Crippen LogP contribution in [-0.2, 0) is 26.3 Å². The molecular weight excluding hydrogens is 676 g/mol. The monoisotopic (exact) mass is 728 g/mol. The Balaban J connectivity index is 1.31. The molecule has 1 aliphatic heterocycles. The first kappa shape index (κ1) is 36.4. The van der Waals surface area contributed by atoms with Gasteiger partial charge in [0, 0.05) is 23.5 Å². The standard InChI is InChI=1S/C38H53ClN2O6SSi/c1-37(2,3)49(4,5)47-34(16-11-25-8-9-29(25)22-48(40,44)45)31-14-10-28(31)21-41-23-38(18-6-7-26-19-30(39)13-15-32(26)38)24-46-35-17-12-27(36(42)43)20-33(35)41/h11-13,15-17,19-20,25,28-29,31,34H,6-10,14,18,21-24H2,1-5H3,(H,42,43)(H2,40,44,45)/b16-11-/t25-,28-,29-,31+,34-,38?/m0/s1. The van der Waals surface area contributed by atoms with E-state index in [1.54, 1.807) is 12.1 Å². The molecule has 6 rings (SSSR count). The highest BCUT2D eigenvalue weighted by atomic mass is 35.5. The van der Waals surface area contributed by atoms with Crippen LogP contribution in [0.3, 0.4) is 0 Å². The number of aryl methyl sites for hydroxylation is 1. The number of allylic oxidation sites excluding steroid dienone is 1. The molecule has 0 bridgehead atoms. The number of nitrogens with zero attached hydrogens (tertiary/aromatic N) is 1. The summed E-state index contributed by atoms with van der Waals surface area (Å²) in [6, 6.07) is 11.5. The van der Waals surface area contributed by atoms with Crippen molar-refractivity contribution in [2.75, 3.05) is 30.3 Å². The maximum atomic E-state index is 12.1. The highest BCUT2D eigenvalue weighted by Crippen LogP contribution is 2.48. The third kappa shape index (κ3) is 7.78. The fraction of sp³-hybridized carbons (Fsp3) is 0.605. The first-order chi connectivity index (χ1) is 22.9. The van der Waals surface area contributed by atoms with Gasteiger partial charge in [-0.25, -0.2) is 18.4 Å². The molecule has 4 aliphatic rings. The SMILES string of the molecule is CC(C)(C)[Si](C)(C)O[C@@H](/C=C\[C@@H]1CC[C@H]1CS(N)(=O)=O)[C@@H]1CC[C@H]1CN1CC2(CCCc3cc(Cl)ccc32)COc2ccc(C(=O)O)cc21. The summed E-state index contributed by atoms with van der Waals surface area (Å²) in [6.45, 7) is 13.4. The molecule has 2 aromatic carbocycles. The summed E-state index contributed by atoms with van der Waals surface area (Å²) in [4.78, 5) is 14.5. The van der Waals surface area contributed by atoms with Crippen molar-refractivity contribution in [2.24, 2.45) is 28.8 Å². The van der Waals surface area contributed by atoms with E-state index in [1.807, 2.05) is 12.1 Å². The van der Waals surface area contributed by atoms with Crippen LogP contribution in [-0.4, -0.2) is 59.4 Å². The quantitative estimate of drug-likeness (QED) is 0.189. The van der Waals surface area contributed by atoms with Gasteiger partial charge in [-0.15, -0.1) is 0 Å². The van der Waals surface area contributed by atoms with Crippen molar-refractivity contribution in [2.45, 2.75) is 95.4 Å². The fourth-order valence-electron chi connectivity index (χ4n) is 8.18. The number of benzene rings is 2. The Morgan fingerprint density at radius 3 is 2.55 bits per heavy atom. The van der Waals surface area contributed by atoms with Gasteiger partial charge in [-0.05, 0) is 128 Å². The molecule has 1 heterocycles. The van der Waals surface area contributed by atoms with Gasteiger partial charge in [0.15, 0.2) is 8.32 Å². The van der Waals surface area contributed by atoms with Gasteiger partial charge in [0.2, 0.25) is 10.0 Å². The second kappa shape index (κ2) is 13.6. The van der Waals surface area contributed by atoms with Crippen molar-refractivity contribution in [3.63, 3.8) is 0 Å². The maximum Gasteiger partial charge on any atom is 0.335 e. The molecular formula is C38H53ClN2O6SSi. The van der Waals surface area contributed by atoms with Gasteiger partial charge in [-0.1, -0.05) is 50.6 Å². The summed E-state index contributed by atoms with van der Waals surface area (Å²) < 4.78 is 37.5. The average Bonchev–Trinajstić information content (AvgIpc) is 3.13. The van der Waals surface area contributed by atoms with Crippen LogP contribution in [0.25, 0.3) is 0 Å². The smallest absolute Gasteiger partial charge is 0.335 e. The van der Waals surface area contributed by atoms with Gasteiger partial charge in [-0.2, -0.15) is 0 Å². The zero-order valence-electron chi connectivity index (χ0n) is 29.6. The minimum atomic E-state index is -3.52. The maximum absolute atomic E-state index is 12.1. The van der Waals surface area contributed by atoms with Crippen LogP contribution in [0.1, 0.15) is 80.8 Å². The number of hydrogen-bond donors (Lipinski definition) is 2. The third-order valence-electron chi connectivity index (χ3n) is 12.3. The lowest BCUT2D eigenvalue weighted by molar-refractivity contribution is 0.0519. The average molecular weight is 729 g/mol. The van der Waals surface area contributed by atoms with Gasteiger partial charge in [0.25, 0.3) is 0 Å². The van der Waals surface area contributed by atoms with Crippen molar-refractivity contribution in [1.29, 1.82) is 0 Å². The Morgan fingerprint density at radius 2 is 1.92 bits per heavy atom. The number of aromatic carboxylic acids is 1. The van der Waals surface area contributed by atoms with Gasteiger partial charge in [0.1, 0.15) is 5.75 Å². The summed E-state index contributed by atoms with van der Waals surface area (Å²) in [6.07, 6.45) is 11.3. The Kier molecular flexibility index (Phi) is 10.1. The first-order valence-corrected chi connectivity index (χ1v) is 22.9. The number of hydrogen-bond acceptors (Lipinski definition) is 6. The van der Waals surface area contributed by atoms with E-state index >= 15 is 0 Å². The van der Waals surface area contributed by atoms with Gasteiger partial charge in [-0.3, -0.25) is 0 Å². The lowest BCUT2D eigenvalue weighted by atomic mass is 9.68. The molecule has 0 aromatic heterocycles. The van der Waals surface area contributed by atoms with Crippen molar-refractivity contribution >= 4 is 41.6 Å². The third-order valence-corrected chi connectivity index (χ3v) is 17.9. The van der Waals surface area contributed by atoms with Crippen molar-refractivity contribution in [3.8, 4) is 5.75 Å². The highest BCUT2D eigenvalue weighted by molar-refractivity contribution is 7.89. The van der Waals surface area contributed by atoms with Crippen LogP contribution in [0.15, 0.2) is 48.6 Å². The predicted octanol–water partition coefficient (Wildman–Crippen LogP) is 7.80. The number of nitrogens with two attached hydrogens (primary N) is 1. The molecule has 0 amide bonds. The van der Waals surface area contributed by atoms with Crippen LogP contribution in [0, 0.1) is 23.7 Å². The first-order valence-electron chi connectivity index (χ1n) is 17.9. The van der Waals surface area contributed by atoms with Crippen molar-refractivity contribution in [1.82, 2.24) is 0 Å². The Labute approximate surface area is 298 Å². The van der Waals surface area contributed by atoms with Gasteiger partial charge >= 0.3 is 5.97 Å². The van der Waals surface area contributed by atoms with E-state index in [9.17, 15) is 18.3 Å². The van der Waals surface area contributed by atoms with E-state index in [0.29, 0.717) is 12.5 Å². The molecule has 1 spiro atoms. The number of primary sulfonamides is 1. The molecule has 1 unspecified atom stereocenters. The molecule has 11 heteroatoms. The van der Waals surface area contributed by atoms with E-state index in [0.717, 1.165) is 74.5 Å². The largest absolute Gasteiger partial charge is 0.490 e. The number of ether oxygens (including phenoxy) is 1. The Hall–Kier alpha value is -2.37. The number of carboxylic acid groups (broad SMARTS) is 1. The summed E-state index contributed by atoms with van der Waals surface area (Å²) in [5.74, 6) is 0.638. The van der Waals surface area contributed by atoms with Crippen LogP contribution in [0.4, 0.5) is 5.69 Å². The number of fused-ring (bicyclic) bond motifs is 3. The second-order valence-corrected chi connectivity index (χ2v) is 23.5. The minimum Gasteiger partial charge on any atom is -0.490 e. The number of sulfonamides is 1. The molecule has 268 valence electrons. The normalized spacial score (nSPS) is 27.8. The van der Waals surface area contributed by atoms with Crippen molar-refractivity contribution < 1.29 is 27.5 Å². The van der Waals surface area contributed by atoms with E-state index in [-0.39, 0.29) is 45.6 Å². The van der Waals surface area contributed by atoms with E-state index in [4.69, 9.17) is 25.9 Å². The lowest BCUT2D eigenvalue weighted by Crippen LogP contribution is -2.52. The summed E-state index contributed by atoms with van der Waals surface area (Å²) in [5, 5.41) is 16.1. The molecule has 0 radical (unpaired) electrons. The van der Waals surface area contributed by atoms with E-state index in [2.05, 4.69) is 63.0 Å². The molecule has 49 heavy (non-hydrogen) atoms. The molecule has 2 saturated carbocycles. The van der Waals surface area contributed by atoms with E-state index < -0.39 is 24.3 Å². The molecule has 8 nitrogen and oxygen atoms in total.